The molecule has 0 radical (unpaired) electrons. The molecule has 186 valence electrons. The van der Waals surface area contributed by atoms with Gasteiger partial charge in [0, 0.05) is 23.7 Å². The maximum absolute atomic E-state index is 13.2. The van der Waals surface area contributed by atoms with E-state index in [-0.39, 0.29) is 18.2 Å². The number of aromatic nitrogens is 2. The third kappa shape index (κ3) is 5.38. The van der Waals surface area contributed by atoms with Gasteiger partial charge in [0.25, 0.3) is 5.91 Å². The number of nitrogens with one attached hydrogen (secondary N) is 1. The van der Waals surface area contributed by atoms with Crippen LogP contribution in [0.4, 0.5) is 0 Å². The van der Waals surface area contributed by atoms with E-state index in [1.54, 1.807) is 18.4 Å². The van der Waals surface area contributed by atoms with Crippen molar-refractivity contribution in [1.29, 1.82) is 0 Å². The molecule has 3 heterocycles. The molecular formula is C27H33N3O4S. The Morgan fingerprint density at radius 3 is 2.63 bits per heavy atom. The van der Waals surface area contributed by atoms with Crippen molar-refractivity contribution in [3.8, 4) is 22.9 Å². The lowest BCUT2D eigenvalue weighted by atomic mass is 9.95. The van der Waals surface area contributed by atoms with Crippen molar-refractivity contribution in [2.75, 3.05) is 13.7 Å². The predicted molar refractivity (Wildman–Crippen MR) is 136 cm³/mol. The van der Waals surface area contributed by atoms with Crippen LogP contribution in [0.25, 0.3) is 11.4 Å². The van der Waals surface area contributed by atoms with Gasteiger partial charge in [0.2, 0.25) is 0 Å². The summed E-state index contributed by atoms with van der Waals surface area (Å²) < 4.78 is 19.3. The fourth-order valence-corrected chi connectivity index (χ4v) is 5.70. The van der Waals surface area contributed by atoms with Crippen LogP contribution >= 0.6 is 11.3 Å². The van der Waals surface area contributed by atoms with Crippen molar-refractivity contribution < 1.29 is 19.0 Å². The zero-order valence-corrected chi connectivity index (χ0v) is 21.2. The Balaban J connectivity index is 1.36. The zero-order chi connectivity index (χ0) is 24.2. The molecule has 7 nitrogen and oxygen atoms in total. The molecule has 1 aliphatic heterocycles. The molecule has 1 N–H and O–H groups in total. The number of nitrogens with zero attached hydrogens (tertiary/aromatic N) is 2. The van der Waals surface area contributed by atoms with Crippen LogP contribution in [0.5, 0.6) is 11.5 Å². The van der Waals surface area contributed by atoms with E-state index in [4.69, 9.17) is 19.2 Å². The summed E-state index contributed by atoms with van der Waals surface area (Å²) in [5, 5.41) is 6.18. The molecule has 1 aliphatic carbocycles. The van der Waals surface area contributed by atoms with Crippen LogP contribution in [0.15, 0.2) is 35.7 Å². The predicted octanol–water partition coefficient (Wildman–Crippen LogP) is 5.88. The minimum absolute atomic E-state index is 0.00527. The van der Waals surface area contributed by atoms with Gasteiger partial charge in [-0.1, -0.05) is 19.3 Å². The molecule has 1 saturated carbocycles. The lowest BCUT2D eigenvalue weighted by Gasteiger charge is -2.23. The Kier molecular flexibility index (Phi) is 7.39. The summed E-state index contributed by atoms with van der Waals surface area (Å²) in [6.07, 6.45) is 7.65. The van der Waals surface area contributed by atoms with Crippen molar-refractivity contribution in [1.82, 2.24) is 14.9 Å². The summed E-state index contributed by atoms with van der Waals surface area (Å²) >= 11 is 1.56. The molecule has 5 rings (SSSR count). The standard InChI is InChI=1S/C27H33N3O4S/c1-18-22(27(31)28-19-7-4-3-5-8-19)15-24(30(18)26-9-6-14-33-26)23-17-35-25(29-23)16-34-21-12-10-20(32-2)11-13-21/h10-13,15,17,19,26H,3-9,14,16H2,1-2H3,(H,28,31). The Hall–Kier alpha value is -2.84. The fraction of sp³-hybridized carbons (Fsp3) is 0.481. The first-order chi connectivity index (χ1) is 17.1. The number of amides is 1. The van der Waals surface area contributed by atoms with E-state index in [2.05, 4.69) is 9.88 Å². The zero-order valence-electron chi connectivity index (χ0n) is 20.4. The van der Waals surface area contributed by atoms with Gasteiger partial charge in [0.1, 0.15) is 29.3 Å². The van der Waals surface area contributed by atoms with E-state index in [1.807, 2.05) is 42.6 Å². The van der Waals surface area contributed by atoms with Gasteiger partial charge < -0.3 is 24.1 Å². The van der Waals surface area contributed by atoms with Crippen molar-refractivity contribution >= 4 is 17.2 Å². The minimum Gasteiger partial charge on any atom is -0.497 e. The SMILES string of the molecule is COc1ccc(OCc2nc(-c3cc(C(=O)NC4CCCCC4)c(C)n3C3CCCO3)cs2)cc1. The highest BCUT2D eigenvalue weighted by molar-refractivity contribution is 7.09. The summed E-state index contributed by atoms with van der Waals surface area (Å²) in [5.74, 6) is 1.57. The summed E-state index contributed by atoms with van der Waals surface area (Å²) in [6.45, 7) is 3.13. The number of hydrogen-bond acceptors (Lipinski definition) is 6. The number of rotatable bonds is 8. The number of benzene rings is 1. The van der Waals surface area contributed by atoms with E-state index < -0.39 is 0 Å². The smallest absolute Gasteiger partial charge is 0.253 e. The summed E-state index contributed by atoms with van der Waals surface area (Å²) in [6, 6.07) is 9.77. The first-order valence-corrected chi connectivity index (χ1v) is 13.4. The van der Waals surface area contributed by atoms with Crippen molar-refractivity contribution in [2.45, 2.75) is 70.7 Å². The van der Waals surface area contributed by atoms with Gasteiger partial charge in [0.05, 0.1) is 24.1 Å². The van der Waals surface area contributed by atoms with Gasteiger partial charge in [0.15, 0.2) is 0 Å². The van der Waals surface area contributed by atoms with Crippen LogP contribution in [-0.4, -0.2) is 35.2 Å². The van der Waals surface area contributed by atoms with Gasteiger partial charge in [-0.05, 0) is 62.9 Å². The molecule has 35 heavy (non-hydrogen) atoms. The Bertz CT molecular complexity index is 1140. The first-order valence-electron chi connectivity index (χ1n) is 12.5. The average Bonchev–Trinajstić information content (AvgIpc) is 3.64. The van der Waals surface area contributed by atoms with E-state index in [0.29, 0.717) is 12.2 Å². The Morgan fingerprint density at radius 2 is 1.91 bits per heavy atom. The molecule has 3 aromatic rings. The van der Waals surface area contributed by atoms with Gasteiger partial charge in [-0.2, -0.15) is 0 Å². The molecule has 1 atom stereocenters. The molecule has 1 aromatic carbocycles. The molecule has 0 bridgehead atoms. The second kappa shape index (κ2) is 10.8. The van der Waals surface area contributed by atoms with Crippen LogP contribution in [0.1, 0.15) is 72.2 Å². The summed E-state index contributed by atoms with van der Waals surface area (Å²) in [4.78, 5) is 18.1. The second-order valence-corrected chi connectivity index (χ2v) is 10.2. The third-order valence-electron chi connectivity index (χ3n) is 6.91. The highest BCUT2D eigenvalue weighted by Crippen LogP contribution is 2.35. The number of hydrogen-bond donors (Lipinski definition) is 1. The number of carbonyl (C=O) groups excluding carboxylic acids is 1. The first kappa shape index (κ1) is 23.9. The van der Waals surface area contributed by atoms with Gasteiger partial charge in [-0.25, -0.2) is 4.98 Å². The van der Waals surface area contributed by atoms with E-state index in [1.165, 1.54) is 19.3 Å². The Labute approximate surface area is 210 Å². The van der Waals surface area contributed by atoms with E-state index in [0.717, 1.165) is 65.9 Å². The third-order valence-corrected chi connectivity index (χ3v) is 7.73. The number of methoxy groups -OCH3 is 1. The second-order valence-electron chi connectivity index (χ2n) is 9.27. The van der Waals surface area contributed by atoms with Gasteiger partial charge in [-0.15, -0.1) is 11.3 Å². The molecule has 1 saturated heterocycles. The average molecular weight is 496 g/mol. The van der Waals surface area contributed by atoms with Crippen LogP contribution in [-0.2, 0) is 11.3 Å². The number of carbonyl (C=O) groups is 1. The quantitative estimate of drug-likeness (QED) is 0.422. The maximum atomic E-state index is 13.2. The topological polar surface area (TPSA) is 74.6 Å². The van der Waals surface area contributed by atoms with Crippen LogP contribution in [0.2, 0.25) is 0 Å². The van der Waals surface area contributed by atoms with Crippen LogP contribution in [0.3, 0.4) is 0 Å². The number of ether oxygens (including phenoxy) is 3. The lowest BCUT2D eigenvalue weighted by molar-refractivity contribution is 0.0565. The molecule has 1 amide bonds. The van der Waals surface area contributed by atoms with E-state index in [9.17, 15) is 4.79 Å². The fourth-order valence-electron chi connectivity index (χ4n) is 5.01. The monoisotopic (exact) mass is 495 g/mol. The molecule has 2 aromatic heterocycles. The lowest BCUT2D eigenvalue weighted by Crippen LogP contribution is -2.36. The molecule has 0 spiro atoms. The molecule has 2 aliphatic rings. The van der Waals surface area contributed by atoms with Crippen molar-refractivity contribution in [3.63, 3.8) is 0 Å². The maximum Gasteiger partial charge on any atom is 0.253 e. The molecule has 8 heteroatoms. The number of thiazole rings is 1. The van der Waals surface area contributed by atoms with Crippen molar-refractivity contribution in [3.05, 3.63) is 52.0 Å². The highest BCUT2D eigenvalue weighted by Gasteiger charge is 2.28. The summed E-state index contributed by atoms with van der Waals surface area (Å²) in [5.41, 5.74) is 3.42. The largest absolute Gasteiger partial charge is 0.497 e. The molecule has 1 unspecified atom stereocenters. The van der Waals surface area contributed by atoms with Gasteiger partial charge >= 0.3 is 0 Å². The van der Waals surface area contributed by atoms with Crippen molar-refractivity contribution in [2.24, 2.45) is 0 Å². The Morgan fingerprint density at radius 1 is 1.14 bits per heavy atom. The molecular weight excluding hydrogens is 462 g/mol. The van der Waals surface area contributed by atoms with Gasteiger partial charge in [-0.3, -0.25) is 4.79 Å². The van der Waals surface area contributed by atoms with Crippen LogP contribution < -0.4 is 14.8 Å². The highest BCUT2D eigenvalue weighted by atomic mass is 32.1. The van der Waals surface area contributed by atoms with Crippen LogP contribution in [0, 0.1) is 6.92 Å². The van der Waals surface area contributed by atoms with E-state index >= 15 is 0 Å². The molecule has 2 fully saturated rings. The normalized spacial score (nSPS) is 18.5. The minimum atomic E-state index is -0.0677. The summed E-state index contributed by atoms with van der Waals surface area (Å²) in [7, 11) is 1.65.